The molecule has 2 heterocycles. The molecule has 2 aliphatic rings. The second-order valence-electron chi connectivity index (χ2n) is 7.08. The van der Waals surface area contributed by atoms with Gasteiger partial charge in [-0.15, -0.1) is 0 Å². The molecule has 1 N–H and O–H groups in total. The van der Waals surface area contributed by atoms with E-state index in [1.807, 2.05) is 12.1 Å². The summed E-state index contributed by atoms with van der Waals surface area (Å²) in [5.74, 6) is 1.64. The van der Waals surface area contributed by atoms with Crippen molar-refractivity contribution in [1.29, 1.82) is 0 Å². The number of aryl methyl sites for hydroxylation is 1. The first kappa shape index (κ1) is 16.0. The zero-order valence-electron chi connectivity index (χ0n) is 13.5. The SMILES string of the molecule is CC(C)CCc1ccc(S(=O)(=O)N2C[C@H]3CNC[C@H]3C2)cc1. The average molecular weight is 322 g/mol. The molecule has 3 rings (SSSR count). The molecule has 0 amide bonds. The van der Waals surface area contributed by atoms with E-state index >= 15 is 0 Å². The summed E-state index contributed by atoms with van der Waals surface area (Å²) in [6, 6.07) is 7.48. The first-order chi connectivity index (χ1) is 10.5. The van der Waals surface area contributed by atoms with Gasteiger partial charge in [-0.25, -0.2) is 8.42 Å². The van der Waals surface area contributed by atoms with Gasteiger partial charge in [0.05, 0.1) is 4.90 Å². The Labute approximate surface area is 134 Å². The minimum Gasteiger partial charge on any atom is -0.316 e. The molecule has 2 saturated heterocycles. The molecule has 0 unspecified atom stereocenters. The van der Waals surface area contributed by atoms with Crippen LogP contribution in [0.1, 0.15) is 25.8 Å². The van der Waals surface area contributed by atoms with Crippen LogP contribution < -0.4 is 5.32 Å². The van der Waals surface area contributed by atoms with Crippen molar-refractivity contribution in [1.82, 2.24) is 9.62 Å². The van der Waals surface area contributed by atoms with Crippen molar-refractivity contribution in [3.63, 3.8) is 0 Å². The molecule has 0 spiro atoms. The fraction of sp³-hybridized carbons (Fsp3) is 0.647. The van der Waals surface area contributed by atoms with E-state index in [4.69, 9.17) is 0 Å². The second kappa shape index (κ2) is 6.30. The molecular weight excluding hydrogens is 296 g/mol. The lowest BCUT2D eigenvalue weighted by Gasteiger charge is -2.17. The van der Waals surface area contributed by atoms with E-state index in [-0.39, 0.29) is 0 Å². The molecule has 0 saturated carbocycles. The summed E-state index contributed by atoms with van der Waals surface area (Å²) in [6.45, 7) is 7.63. The van der Waals surface area contributed by atoms with Crippen LogP contribution in [0.4, 0.5) is 0 Å². The highest BCUT2D eigenvalue weighted by Gasteiger charge is 2.41. The Bertz CT molecular complexity index is 598. The van der Waals surface area contributed by atoms with Crippen LogP contribution in [-0.2, 0) is 16.4 Å². The third-order valence-electron chi connectivity index (χ3n) is 4.93. The Balaban J connectivity index is 1.70. The summed E-state index contributed by atoms with van der Waals surface area (Å²) in [4.78, 5) is 0.439. The highest BCUT2D eigenvalue weighted by Crippen LogP contribution is 2.30. The summed E-state index contributed by atoms with van der Waals surface area (Å²) >= 11 is 0. The number of benzene rings is 1. The standard InChI is InChI=1S/C17H26N2O2S/c1-13(2)3-4-14-5-7-17(8-6-14)22(20,21)19-11-15-9-18-10-16(15)12-19/h5-8,13,15-16,18H,3-4,9-12H2,1-2H3/t15-,16+. The molecule has 0 aliphatic carbocycles. The Hall–Kier alpha value is -0.910. The highest BCUT2D eigenvalue weighted by molar-refractivity contribution is 7.89. The summed E-state index contributed by atoms with van der Waals surface area (Å²) in [6.07, 6.45) is 2.14. The average Bonchev–Trinajstić information content (AvgIpc) is 3.07. The molecule has 1 aromatic carbocycles. The van der Waals surface area contributed by atoms with E-state index in [0.29, 0.717) is 35.7 Å². The molecule has 5 heteroatoms. The number of rotatable bonds is 5. The number of hydrogen-bond acceptors (Lipinski definition) is 3. The predicted octanol–water partition coefficient (Wildman–Crippen LogP) is 2.12. The van der Waals surface area contributed by atoms with Crippen LogP contribution in [0.5, 0.6) is 0 Å². The van der Waals surface area contributed by atoms with Crippen molar-refractivity contribution < 1.29 is 8.42 Å². The van der Waals surface area contributed by atoms with E-state index in [1.165, 1.54) is 5.56 Å². The Morgan fingerprint density at radius 1 is 1.14 bits per heavy atom. The Morgan fingerprint density at radius 3 is 2.27 bits per heavy atom. The lowest BCUT2D eigenvalue weighted by atomic mass is 10.0. The van der Waals surface area contributed by atoms with Crippen LogP contribution in [0.25, 0.3) is 0 Å². The maximum atomic E-state index is 12.7. The largest absolute Gasteiger partial charge is 0.316 e. The van der Waals surface area contributed by atoms with Crippen LogP contribution in [0.15, 0.2) is 29.2 Å². The van der Waals surface area contributed by atoms with Crippen molar-refractivity contribution in [3.8, 4) is 0 Å². The van der Waals surface area contributed by atoms with E-state index < -0.39 is 10.0 Å². The normalized spacial score (nSPS) is 25.8. The van der Waals surface area contributed by atoms with Crippen molar-refractivity contribution in [2.75, 3.05) is 26.2 Å². The van der Waals surface area contributed by atoms with Gasteiger partial charge in [0, 0.05) is 13.1 Å². The van der Waals surface area contributed by atoms with Gasteiger partial charge in [0.15, 0.2) is 0 Å². The van der Waals surface area contributed by atoms with Crippen LogP contribution in [-0.4, -0.2) is 38.9 Å². The number of nitrogens with one attached hydrogen (secondary N) is 1. The summed E-state index contributed by atoms with van der Waals surface area (Å²) < 4.78 is 27.2. The van der Waals surface area contributed by atoms with Gasteiger partial charge in [0.25, 0.3) is 0 Å². The van der Waals surface area contributed by atoms with Crippen molar-refractivity contribution in [3.05, 3.63) is 29.8 Å². The number of nitrogens with zero attached hydrogens (tertiary/aromatic N) is 1. The molecule has 2 aliphatic heterocycles. The van der Waals surface area contributed by atoms with Gasteiger partial charge in [-0.2, -0.15) is 4.31 Å². The van der Waals surface area contributed by atoms with Gasteiger partial charge in [0.2, 0.25) is 10.0 Å². The lowest BCUT2D eigenvalue weighted by Crippen LogP contribution is -2.31. The van der Waals surface area contributed by atoms with Crippen molar-refractivity contribution >= 4 is 10.0 Å². The van der Waals surface area contributed by atoms with E-state index in [0.717, 1.165) is 25.9 Å². The number of sulfonamides is 1. The summed E-state index contributed by atoms with van der Waals surface area (Å²) in [5.41, 5.74) is 1.22. The number of hydrogen-bond donors (Lipinski definition) is 1. The zero-order chi connectivity index (χ0) is 15.7. The van der Waals surface area contributed by atoms with Crippen LogP contribution >= 0.6 is 0 Å². The molecular formula is C17H26N2O2S. The van der Waals surface area contributed by atoms with Crippen LogP contribution in [0.2, 0.25) is 0 Å². The third kappa shape index (κ3) is 3.21. The van der Waals surface area contributed by atoms with E-state index in [2.05, 4.69) is 19.2 Å². The maximum Gasteiger partial charge on any atom is 0.243 e. The molecule has 0 radical (unpaired) electrons. The smallest absolute Gasteiger partial charge is 0.243 e. The van der Waals surface area contributed by atoms with Gasteiger partial charge in [-0.05, 0) is 61.4 Å². The minimum absolute atomic E-state index is 0.439. The topological polar surface area (TPSA) is 49.4 Å². The summed E-state index contributed by atoms with van der Waals surface area (Å²) in [5, 5.41) is 3.35. The second-order valence-corrected chi connectivity index (χ2v) is 9.01. The van der Waals surface area contributed by atoms with Gasteiger partial charge in [0.1, 0.15) is 0 Å². The van der Waals surface area contributed by atoms with Gasteiger partial charge >= 0.3 is 0 Å². The van der Waals surface area contributed by atoms with Gasteiger partial charge in [-0.1, -0.05) is 26.0 Å². The number of fused-ring (bicyclic) bond motifs is 1. The van der Waals surface area contributed by atoms with Crippen LogP contribution in [0.3, 0.4) is 0 Å². The third-order valence-corrected chi connectivity index (χ3v) is 6.77. The van der Waals surface area contributed by atoms with Gasteiger partial charge < -0.3 is 5.32 Å². The molecule has 2 atom stereocenters. The molecule has 4 nitrogen and oxygen atoms in total. The molecule has 22 heavy (non-hydrogen) atoms. The fourth-order valence-corrected chi connectivity index (χ4v) is 4.99. The molecule has 2 fully saturated rings. The van der Waals surface area contributed by atoms with Crippen LogP contribution in [0, 0.1) is 17.8 Å². The van der Waals surface area contributed by atoms with E-state index in [1.54, 1.807) is 16.4 Å². The molecule has 122 valence electrons. The summed E-state index contributed by atoms with van der Waals surface area (Å²) in [7, 11) is -3.32. The molecule has 1 aromatic rings. The Morgan fingerprint density at radius 2 is 1.73 bits per heavy atom. The molecule has 0 aromatic heterocycles. The monoisotopic (exact) mass is 322 g/mol. The molecule has 0 bridgehead atoms. The first-order valence-corrected chi connectivity index (χ1v) is 9.70. The predicted molar refractivity (Wildman–Crippen MR) is 88.2 cm³/mol. The van der Waals surface area contributed by atoms with Crippen molar-refractivity contribution in [2.45, 2.75) is 31.6 Å². The Kier molecular flexibility index (Phi) is 4.57. The fourth-order valence-electron chi connectivity index (χ4n) is 3.44. The first-order valence-electron chi connectivity index (χ1n) is 8.26. The quantitative estimate of drug-likeness (QED) is 0.903. The maximum absolute atomic E-state index is 12.7. The van der Waals surface area contributed by atoms with Gasteiger partial charge in [-0.3, -0.25) is 0 Å². The minimum atomic E-state index is -3.32. The van der Waals surface area contributed by atoms with Crippen molar-refractivity contribution in [2.24, 2.45) is 17.8 Å². The lowest BCUT2D eigenvalue weighted by molar-refractivity contribution is 0.448. The van der Waals surface area contributed by atoms with E-state index in [9.17, 15) is 8.42 Å². The zero-order valence-corrected chi connectivity index (χ0v) is 14.3. The highest BCUT2D eigenvalue weighted by atomic mass is 32.2.